The molecule has 0 fully saturated rings. The Bertz CT molecular complexity index is 856. The first kappa shape index (κ1) is 24.0. The summed E-state index contributed by atoms with van der Waals surface area (Å²) in [5.74, 6) is 0.872. The van der Waals surface area contributed by atoms with Crippen LogP contribution in [-0.2, 0) is 24.3 Å². The number of aryl methyl sites for hydroxylation is 1. The van der Waals surface area contributed by atoms with E-state index in [1.807, 2.05) is 36.5 Å². The second-order valence-electron chi connectivity index (χ2n) is 8.02. The molecular weight excluding hydrogens is 396 g/mol. The molecule has 3 aromatic rings. The van der Waals surface area contributed by atoms with Gasteiger partial charge in [0.25, 0.3) is 0 Å². The molecule has 2 aromatic carbocycles. The number of nitrogens with zero attached hydrogens (tertiary/aromatic N) is 1. The van der Waals surface area contributed by atoms with Crippen LogP contribution < -0.4 is 10.1 Å². The zero-order valence-electron chi connectivity index (χ0n) is 19.0. The summed E-state index contributed by atoms with van der Waals surface area (Å²) >= 11 is 0. The van der Waals surface area contributed by atoms with Crippen molar-refractivity contribution in [2.45, 2.75) is 51.7 Å². The van der Waals surface area contributed by atoms with E-state index in [4.69, 9.17) is 9.47 Å². The number of hydrogen-bond donors (Lipinski definition) is 1. The van der Waals surface area contributed by atoms with E-state index in [1.165, 1.54) is 24.8 Å². The van der Waals surface area contributed by atoms with Gasteiger partial charge < -0.3 is 14.8 Å². The van der Waals surface area contributed by atoms with Crippen LogP contribution in [-0.4, -0.2) is 24.7 Å². The molecule has 0 amide bonds. The lowest BCUT2D eigenvalue weighted by Gasteiger charge is -2.11. The molecule has 1 aromatic heterocycles. The molecule has 0 aliphatic heterocycles. The first-order valence-electron chi connectivity index (χ1n) is 11.8. The smallest absolute Gasteiger partial charge is 0.141 e. The summed E-state index contributed by atoms with van der Waals surface area (Å²) in [6, 6.07) is 24.7. The molecular formula is C28H36N2O2. The number of unbranched alkanes of at least 4 members (excludes halogenated alkanes) is 3. The van der Waals surface area contributed by atoms with Crippen molar-refractivity contribution in [1.82, 2.24) is 10.3 Å². The van der Waals surface area contributed by atoms with Crippen molar-refractivity contribution < 1.29 is 9.47 Å². The van der Waals surface area contributed by atoms with Crippen LogP contribution in [0.1, 0.15) is 48.9 Å². The van der Waals surface area contributed by atoms with Crippen molar-refractivity contribution in [1.29, 1.82) is 0 Å². The molecule has 0 saturated carbocycles. The summed E-state index contributed by atoms with van der Waals surface area (Å²) in [7, 11) is 0. The predicted octanol–water partition coefficient (Wildman–Crippen LogP) is 5.96. The largest absolute Gasteiger partial charge is 0.487 e. The number of nitrogens with one attached hydrogen (secondary N) is 1. The fraction of sp³-hybridized carbons (Fsp3) is 0.393. The third kappa shape index (κ3) is 9.63. The summed E-state index contributed by atoms with van der Waals surface area (Å²) in [6.45, 7) is 4.22. The highest BCUT2D eigenvalue weighted by Gasteiger charge is 2.05. The van der Waals surface area contributed by atoms with Crippen molar-refractivity contribution in [3.63, 3.8) is 0 Å². The molecule has 0 bridgehead atoms. The zero-order chi connectivity index (χ0) is 22.1. The molecule has 32 heavy (non-hydrogen) atoms. The van der Waals surface area contributed by atoms with Gasteiger partial charge in [0.2, 0.25) is 0 Å². The van der Waals surface area contributed by atoms with Gasteiger partial charge in [0.05, 0.1) is 5.69 Å². The van der Waals surface area contributed by atoms with E-state index in [9.17, 15) is 0 Å². The third-order valence-electron chi connectivity index (χ3n) is 5.35. The molecule has 1 heterocycles. The summed E-state index contributed by atoms with van der Waals surface area (Å²) in [5, 5.41) is 3.51. The molecule has 1 N–H and O–H groups in total. The van der Waals surface area contributed by atoms with Gasteiger partial charge in [-0.25, -0.2) is 0 Å². The van der Waals surface area contributed by atoms with E-state index >= 15 is 0 Å². The minimum atomic E-state index is 0.567. The summed E-state index contributed by atoms with van der Waals surface area (Å²) in [4.78, 5) is 4.51. The zero-order valence-corrected chi connectivity index (χ0v) is 19.0. The fourth-order valence-corrected chi connectivity index (χ4v) is 3.56. The maximum absolute atomic E-state index is 5.99. The summed E-state index contributed by atoms with van der Waals surface area (Å²) in [5.41, 5.74) is 3.52. The number of aromatic nitrogens is 1. The van der Waals surface area contributed by atoms with Gasteiger partial charge in [0, 0.05) is 26.0 Å². The molecule has 0 spiro atoms. The highest BCUT2D eigenvalue weighted by atomic mass is 16.5. The van der Waals surface area contributed by atoms with Crippen molar-refractivity contribution in [2.24, 2.45) is 0 Å². The SMILES string of the molecule is c1ccc(CNCCCCCCOCCCc2ncccc2OCc2ccccc2)cc1. The Labute approximate surface area is 193 Å². The fourth-order valence-electron chi connectivity index (χ4n) is 3.56. The first-order valence-corrected chi connectivity index (χ1v) is 11.8. The van der Waals surface area contributed by atoms with Crippen LogP contribution in [0.25, 0.3) is 0 Å². The molecule has 0 aliphatic carbocycles. The lowest BCUT2D eigenvalue weighted by atomic mass is 10.2. The summed E-state index contributed by atoms with van der Waals surface area (Å²) in [6.07, 6.45) is 8.50. The van der Waals surface area contributed by atoms with Gasteiger partial charge in [-0.2, -0.15) is 0 Å². The van der Waals surface area contributed by atoms with Crippen LogP contribution in [0.5, 0.6) is 5.75 Å². The molecule has 0 aliphatic rings. The number of ether oxygens (including phenoxy) is 2. The van der Waals surface area contributed by atoms with Gasteiger partial charge in [-0.15, -0.1) is 0 Å². The average molecular weight is 433 g/mol. The maximum atomic E-state index is 5.99. The molecule has 0 unspecified atom stereocenters. The van der Waals surface area contributed by atoms with Crippen LogP contribution in [0.2, 0.25) is 0 Å². The quantitative estimate of drug-likeness (QED) is 0.284. The molecule has 0 radical (unpaired) electrons. The summed E-state index contributed by atoms with van der Waals surface area (Å²) < 4.78 is 11.8. The van der Waals surface area contributed by atoms with E-state index in [-0.39, 0.29) is 0 Å². The third-order valence-corrected chi connectivity index (χ3v) is 5.35. The van der Waals surface area contributed by atoms with Crippen LogP contribution in [0.4, 0.5) is 0 Å². The molecule has 4 heteroatoms. The van der Waals surface area contributed by atoms with Crippen LogP contribution in [0.3, 0.4) is 0 Å². The minimum Gasteiger partial charge on any atom is -0.487 e. The van der Waals surface area contributed by atoms with Crippen molar-refractivity contribution >= 4 is 0 Å². The maximum Gasteiger partial charge on any atom is 0.141 e. The Morgan fingerprint density at radius 2 is 1.41 bits per heavy atom. The van der Waals surface area contributed by atoms with Gasteiger partial charge in [-0.1, -0.05) is 73.5 Å². The number of hydrogen-bond acceptors (Lipinski definition) is 4. The standard InChI is InChI=1S/C28H36N2O2/c1(9-19-29-23-25-13-5-3-6-14-25)2-10-21-31-22-12-17-27-28(18-11-20-30-27)32-24-26-15-7-4-8-16-26/h3-8,11,13-16,18,20,29H,1-2,9-10,12,17,19,21-24H2. The second-order valence-corrected chi connectivity index (χ2v) is 8.02. The average Bonchev–Trinajstić information content (AvgIpc) is 2.85. The van der Waals surface area contributed by atoms with E-state index in [2.05, 4.69) is 52.8 Å². The minimum absolute atomic E-state index is 0.567. The second kappa shape index (κ2) is 15.2. The normalized spacial score (nSPS) is 10.9. The number of rotatable bonds is 16. The first-order chi connectivity index (χ1) is 15.9. The Morgan fingerprint density at radius 3 is 2.22 bits per heavy atom. The van der Waals surface area contributed by atoms with Crippen LogP contribution >= 0.6 is 0 Å². The van der Waals surface area contributed by atoms with Gasteiger partial charge >= 0.3 is 0 Å². The lowest BCUT2D eigenvalue weighted by Crippen LogP contribution is -2.14. The predicted molar refractivity (Wildman–Crippen MR) is 131 cm³/mol. The van der Waals surface area contributed by atoms with Gasteiger partial charge in [-0.3, -0.25) is 4.98 Å². The van der Waals surface area contributed by atoms with Crippen molar-refractivity contribution in [2.75, 3.05) is 19.8 Å². The Kier molecular flexibility index (Phi) is 11.4. The lowest BCUT2D eigenvalue weighted by molar-refractivity contribution is 0.127. The Hall–Kier alpha value is -2.69. The van der Waals surface area contributed by atoms with E-state index < -0.39 is 0 Å². The van der Waals surface area contributed by atoms with Crippen molar-refractivity contribution in [3.05, 3.63) is 95.8 Å². The van der Waals surface area contributed by atoms with Crippen LogP contribution in [0, 0.1) is 0 Å². The molecule has 4 nitrogen and oxygen atoms in total. The number of benzene rings is 2. The highest BCUT2D eigenvalue weighted by molar-refractivity contribution is 5.27. The van der Waals surface area contributed by atoms with Gasteiger partial charge in [-0.05, 0) is 55.5 Å². The Balaban J connectivity index is 1.18. The van der Waals surface area contributed by atoms with Crippen LogP contribution in [0.15, 0.2) is 79.0 Å². The molecule has 3 rings (SSSR count). The Morgan fingerprint density at radius 1 is 0.688 bits per heavy atom. The topological polar surface area (TPSA) is 43.4 Å². The van der Waals surface area contributed by atoms with E-state index in [1.54, 1.807) is 0 Å². The molecule has 0 atom stereocenters. The van der Waals surface area contributed by atoms with Gasteiger partial charge in [0.1, 0.15) is 12.4 Å². The van der Waals surface area contributed by atoms with E-state index in [0.29, 0.717) is 6.61 Å². The van der Waals surface area contributed by atoms with Gasteiger partial charge in [0.15, 0.2) is 0 Å². The van der Waals surface area contributed by atoms with Crippen molar-refractivity contribution in [3.8, 4) is 5.75 Å². The highest BCUT2D eigenvalue weighted by Crippen LogP contribution is 2.18. The monoisotopic (exact) mass is 432 g/mol. The molecule has 170 valence electrons. The van der Waals surface area contributed by atoms with E-state index in [0.717, 1.165) is 62.6 Å². The number of pyridine rings is 1. The molecule has 0 saturated heterocycles.